The Balaban J connectivity index is 1.36. The van der Waals surface area contributed by atoms with E-state index in [9.17, 15) is 4.79 Å². The van der Waals surface area contributed by atoms with Crippen LogP contribution in [-0.4, -0.2) is 43.0 Å². The van der Waals surface area contributed by atoms with Crippen molar-refractivity contribution in [2.45, 2.75) is 38.1 Å². The molecule has 2 aliphatic rings. The number of carbonyl (C=O) groups excluding carboxylic acids is 1. The third-order valence-corrected chi connectivity index (χ3v) is 6.11. The van der Waals surface area contributed by atoms with E-state index in [1.807, 2.05) is 35.2 Å². The van der Waals surface area contributed by atoms with Gasteiger partial charge in [0.2, 0.25) is 0 Å². The average Bonchev–Trinajstić information content (AvgIpc) is 2.75. The number of rotatable bonds is 3. The summed E-state index contributed by atoms with van der Waals surface area (Å²) >= 11 is 0. The summed E-state index contributed by atoms with van der Waals surface area (Å²) in [4.78, 5) is 16.6. The minimum Gasteiger partial charge on any atom is -0.330 e. The predicted molar refractivity (Wildman–Crippen MR) is 105 cm³/mol. The predicted octanol–water partition coefficient (Wildman–Crippen LogP) is 3.03. The van der Waals surface area contributed by atoms with E-state index in [-0.39, 0.29) is 5.91 Å². The summed E-state index contributed by atoms with van der Waals surface area (Å²) in [7, 11) is 0. The Kier molecular flexibility index (Phi) is 5.35. The normalized spacial score (nSPS) is 19.5. The van der Waals surface area contributed by atoms with E-state index in [1.165, 1.54) is 37.7 Å². The summed E-state index contributed by atoms with van der Waals surface area (Å²) in [6.45, 7) is 4.01. The lowest BCUT2D eigenvalue weighted by Crippen LogP contribution is -3.18. The molecule has 0 spiro atoms. The van der Waals surface area contributed by atoms with Gasteiger partial charge in [0.05, 0.1) is 32.2 Å². The molecule has 136 valence electrons. The molecular formula is C23H29N2O+. The molecule has 0 bridgehead atoms. The van der Waals surface area contributed by atoms with E-state index in [0.29, 0.717) is 0 Å². The SMILES string of the molecule is O=C(c1ccc(-c2ccccc2)cc1)N1CC[NH+](C2CCCCC2)CC1. The molecule has 3 nitrogen and oxygen atoms in total. The van der Waals surface area contributed by atoms with Crippen LogP contribution in [0.1, 0.15) is 42.5 Å². The molecule has 2 aromatic rings. The molecule has 0 unspecified atom stereocenters. The van der Waals surface area contributed by atoms with Crippen molar-refractivity contribution in [3.63, 3.8) is 0 Å². The number of benzene rings is 2. The van der Waals surface area contributed by atoms with Gasteiger partial charge in [0.15, 0.2) is 0 Å². The van der Waals surface area contributed by atoms with Gasteiger partial charge < -0.3 is 9.80 Å². The molecule has 4 rings (SSSR count). The smallest absolute Gasteiger partial charge is 0.254 e. The molecular weight excluding hydrogens is 320 g/mol. The standard InChI is InChI=1S/C23H28N2O/c26-23(21-13-11-20(12-14-21)19-7-3-1-4-8-19)25-17-15-24(16-18-25)22-9-5-2-6-10-22/h1,3-4,7-8,11-14,22H,2,5-6,9-10,15-18H2/p+1. The van der Waals surface area contributed by atoms with Crippen LogP contribution < -0.4 is 4.90 Å². The Morgan fingerprint density at radius 3 is 2.08 bits per heavy atom. The van der Waals surface area contributed by atoms with E-state index < -0.39 is 0 Å². The summed E-state index contributed by atoms with van der Waals surface area (Å²) in [5.41, 5.74) is 3.16. The highest BCUT2D eigenvalue weighted by Crippen LogP contribution is 2.20. The van der Waals surface area contributed by atoms with Crippen molar-refractivity contribution in [2.75, 3.05) is 26.2 Å². The number of hydrogen-bond acceptors (Lipinski definition) is 1. The second-order valence-corrected chi connectivity index (χ2v) is 7.73. The van der Waals surface area contributed by atoms with Gasteiger partial charge in [-0.3, -0.25) is 4.79 Å². The Labute approximate surface area is 156 Å². The molecule has 1 aliphatic heterocycles. The largest absolute Gasteiger partial charge is 0.330 e. The quantitative estimate of drug-likeness (QED) is 0.905. The van der Waals surface area contributed by atoms with Crippen LogP contribution in [0.25, 0.3) is 11.1 Å². The van der Waals surface area contributed by atoms with Gasteiger partial charge in [-0.2, -0.15) is 0 Å². The highest BCUT2D eigenvalue weighted by atomic mass is 16.2. The third kappa shape index (κ3) is 3.83. The zero-order chi connectivity index (χ0) is 17.8. The molecule has 1 amide bonds. The highest BCUT2D eigenvalue weighted by molar-refractivity contribution is 5.94. The zero-order valence-electron chi connectivity index (χ0n) is 15.5. The van der Waals surface area contributed by atoms with E-state index in [2.05, 4.69) is 24.3 Å². The second kappa shape index (κ2) is 8.05. The maximum absolute atomic E-state index is 12.8. The van der Waals surface area contributed by atoms with Crippen molar-refractivity contribution in [3.8, 4) is 11.1 Å². The van der Waals surface area contributed by atoms with Gasteiger partial charge in [0.1, 0.15) is 0 Å². The Hall–Kier alpha value is -2.13. The lowest BCUT2D eigenvalue weighted by atomic mass is 9.94. The first-order valence-corrected chi connectivity index (χ1v) is 10.1. The van der Waals surface area contributed by atoms with Gasteiger partial charge in [0, 0.05) is 5.56 Å². The molecule has 3 heteroatoms. The van der Waals surface area contributed by atoms with Gasteiger partial charge in [0.25, 0.3) is 5.91 Å². The summed E-state index contributed by atoms with van der Waals surface area (Å²) in [5, 5.41) is 0. The number of hydrogen-bond donors (Lipinski definition) is 1. The van der Waals surface area contributed by atoms with E-state index in [0.717, 1.165) is 43.3 Å². The summed E-state index contributed by atoms with van der Waals surface area (Å²) in [6, 6.07) is 19.2. The average molecular weight is 349 g/mol. The van der Waals surface area contributed by atoms with Crippen molar-refractivity contribution >= 4 is 5.91 Å². The van der Waals surface area contributed by atoms with Crippen molar-refractivity contribution in [1.82, 2.24) is 4.90 Å². The van der Waals surface area contributed by atoms with Crippen LogP contribution in [0.5, 0.6) is 0 Å². The molecule has 2 fully saturated rings. The van der Waals surface area contributed by atoms with Gasteiger partial charge >= 0.3 is 0 Å². The number of nitrogens with zero attached hydrogens (tertiary/aromatic N) is 1. The zero-order valence-corrected chi connectivity index (χ0v) is 15.5. The first kappa shape index (κ1) is 17.3. The van der Waals surface area contributed by atoms with Crippen LogP contribution >= 0.6 is 0 Å². The molecule has 1 aliphatic carbocycles. The molecule has 0 atom stereocenters. The topological polar surface area (TPSA) is 24.8 Å². The van der Waals surface area contributed by atoms with Crippen molar-refractivity contribution in [2.24, 2.45) is 0 Å². The van der Waals surface area contributed by atoms with Crippen LogP contribution in [0.4, 0.5) is 0 Å². The van der Waals surface area contributed by atoms with Crippen LogP contribution in [-0.2, 0) is 0 Å². The monoisotopic (exact) mass is 349 g/mol. The third-order valence-electron chi connectivity index (χ3n) is 6.11. The molecule has 2 aromatic carbocycles. The lowest BCUT2D eigenvalue weighted by Gasteiger charge is -2.38. The van der Waals surface area contributed by atoms with E-state index in [4.69, 9.17) is 0 Å². The minimum absolute atomic E-state index is 0.187. The fourth-order valence-corrected chi connectivity index (χ4v) is 4.53. The highest BCUT2D eigenvalue weighted by Gasteiger charge is 2.30. The molecule has 1 saturated heterocycles. The minimum atomic E-state index is 0.187. The van der Waals surface area contributed by atoms with E-state index in [1.54, 1.807) is 4.90 Å². The number of piperazine rings is 1. The first-order valence-electron chi connectivity index (χ1n) is 10.1. The Morgan fingerprint density at radius 2 is 1.42 bits per heavy atom. The molecule has 1 heterocycles. The lowest BCUT2D eigenvalue weighted by molar-refractivity contribution is -0.930. The van der Waals surface area contributed by atoms with Crippen LogP contribution in [0.15, 0.2) is 54.6 Å². The number of quaternary nitrogens is 1. The van der Waals surface area contributed by atoms with Gasteiger partial charge in [-0.15, -0.1) is 0 Å². The van der Waals surface area contributed by atoms with Gasteiger partial charge in [-0.05, 0) is 48.9 Å². The fourth-order valence-electron chi connectivity index (χ4n) is 4.53. The van der Waals surface area contributed by atoms with E-state index >= 15 is 0 Å². The van der Waals surface area contributed by atoms with Crippen molar-refractivity contribution in [1.29, 1.82) is 0 Å². The maximum atomic E-state index is 12.8. The summed E-state index contributed by atoms with van der Waals surface area (Å²) in [6.07, 6.45) is 6.96. The van der Waals surface area contributed by atoms with Crippen molar-refractivity contribution in [3.05, 3.63) is 60.2 Å². The maximum Gasteiger partial charge on any atom is 0.254 e. The van der Waals surface area contributed by atoms with Crippen molar-refractivity contribution < 1.29 is 9.69 Å². The summed E-state index contributed by atoms with van der Waals surface area (Å²) in [5.74, 6) is 0.187. The molecule has 1 saturated carbocycles. The molecule has 1 N–H and O–H groups in total. The first-order chi connectivity index (χ1) is 12.8. The number of amides is 1. The Morgan fingerprint density at radius 1 is 0.808 bits per heavy atom. The van der Waals surface area contributed by atoms with Crippen LogP contribution in [0, 0.1) is 0 Å². The van der Waals surface area contributed by atoms with Crippen LogP contribution in [0.3, 0.4) is 0 Å². The van der Waals surface area contributed by atoms with Crippen LogP contribution in [0.2, 0.25) is 0 Å². The number of carbonyl (C=O) groups is 1. The summed E-state index contributed by atoms with van der Waals surface area (Å²) < 4.78 is 0. The van der Waals surface area contributed by atoms with Gasteiger partial charge in [-0.25, -0.2) is 0 Å². The fraction of sp³-hybridized carbons (Fsp3) is 0.435. The molecule has 0 aromatic heterocycles. The Bertz CT molecular complexity index is 712. The van der Waals surface area contributed by atoms with Gasteiger partial charge in [-0.1, -0.05) is 48.9 Å². The second-order valence-electron chi connectivity index (χ2n) is 7.73. The number of nitrogens with one attached hydrogen (secondary N) is 1. The molecule has 26 heavy (non-hydrogen) atoms. The molecule has 0 radical (unpaired) electrons.